The molecule has 0 saturated carbocycles. The maximum absolute atomic E-state index is 11.9. The second-order valence-electron chi connectivity index (χ2n) is 4.80. The van der Waals surface area contributed by atoms with E-state index in [0.717, 1.165) is 0 Å². The smallest absolute Gasteiger partial charge is 0.319 e. The zero-order valence-electron chi connectivity index (χ0n) is 13.3. The highest BCUT2D eigenvalue weighted by atomic mass is 16.2. The van der Waals surface area contributed by atoms with Gasteiger partial charge in [0.05, 0.1) is 12.6 Å². The summed E-state index contributed by atoms with van der Waals surface area (Å²) in [5.41, 5.74) is 5.61. The minimum absolute atomic E-state index is 0.0277. The molecule has 0 bridgehead atoms. The van der Waals surface area contributed by atoms with Crippen molar-refractivity contribution in [3.05, 3.63) is 29.8 Å². The van der Waals surface area contributed by atoms with Gasteiger partial charge in [-0.25, -0.2) is 4.79 Å². The molecule has 0 aliphatic rings. The first-order valence-electron chi connectivity index (χ1n) is 7.27. The Morgan fingerprint density at radius 1 is 1.12 bits per heavy atom. The maximum atomic E-state index is 11.9. The normalized spacial score (nSPS) is 9.40. The monoisotopic (exact) mass is 346 g/mol. The minimum atomic E-state index is -0.640. The van der Waals surface area contributed by atoms with E-state index in [1.165, 1.54) is 12.1 Å². The van der Waals surface area contributed by atoms with Crippen LogP contribution in [0.25, 0.3) is 0 Å². The summed E-state index contributed by atoms with van der Waals surface area (Å²) in [4.78, 5) is 45.5. The Labute approximate surface area is 143 Å². The van der Waals surface area contributed by atoms with Gasteiger partial charge in [0.25, 0.3) is 5.91 Å². The van der Waals surface area contributed by atoms with Crippen molar-refractivity contribution in [3.8, 4) is 6.07 Å². The Balaban J connectivity index is 2.50. The number of hydrogen-bond donors (Lipinski definition) is 5. The molecule has 0 saturated heterocycles. The Kier molecular flexibility index (Phi) is 7.94. The molecular formula is C15H18N6O4. The second-order valence-corrected chi connectivity index (χ2v) is 4.80. The zero-order valence-corrected chi connectivity index (χ0v) is 13.3. The van der Waals surface area contributed by atoms with Gasteiger partial charge >= 0.3 is 6.03 Å². The number of benzene rings is 1. The molecule has 10 nitrogen and oxygen atoms in total. The first kappa shape index (κ1) is 19.4. The molecule has 0 radical (unpaired) electrons. The molecule has 1 rings (SSSR count). The van der Waals surface area contributed by atoms with Crippen molar-refractivity contribution in [2.24, 2.45) is 5.73 Å². The average molecular weight is 346 g/mol. The summed E-state index contributed by atoms with van der Waals surface area (Å²) in [5, 5.41) is 17.9. The van der Waals surface area contributed by atoms with Crippen LogP contribution in [0.15, 0.2) is 24.3 Å². The minimum Gasteiger partial charge on any atom is -0.370 e. The molecule has 1 aromatic carbocycles. The van der Waals surface area contributed by atoms with E-state index in [-0.39, 0.29) is 31.6 Å². The summed E-state index contributed by atoms with van der Waals surface area (Å²) in [5.74, 6) is -1.44. The molecular weight excluding hydrogens is 328 g/mol. The molecule has 6 N–H and O–H groups in total. The summed E-state index contributed by atoms with van der Waals surface area (Å²) in [7, 11) is 0. The van der Waals surface area contributed by atoms with E-state index >= 15 is 0 Å². The predicted octanol–water partition coefficient (Wildman–Crippen LogP) is -0.947. The number of anilines is 1. The first-order chi connectivity index (χ1) is 11.9. The number of carbonyl (C=O) groups excluding carboxylic acids is 4. The highest BCUT2D eigenvalue weighted by Crippen LogP contribution is 2.10. The fraction of sp³-hybridized carbons (Fsp3) is 0.267. The van der Waals surface area contributed by atoms with Gasteiger partial charge in [-0.2, -0.15) is 5.26 Å². The van der Waals surface area contributed by atoms with Gasteiger partial charge in [-0.1, -0.05) is 6.07 Å². The molecule has 1 aromatic rings. The van der Waals surface area contributed by atoms with Crippen LogP contribution in [0.2, 0.25) is 0 Å². The van der Waals surface area contributed by atoms with Crippen LogP contribution in [0, 0.1) is 11.3 Å². The molecule has 10 heteroatoms. The van der Waals surface area contributed by atoms with E-state index < -0.39 is 23.8 Å². The summed E-state index contributed by atoms with van der Waals surface area (Å²) < 4.78 is 0. The largest absolute Gasteiger partial charge is 0.370 e. The quantitative estimate of drug-likeness (QED) is 0.382. The molecule has 0 spiro atoms. The lowest BCUT2D eigenvalue weighted by Crippen LogP contribution is -2.39. The summed E-state index contributed by atoms with van der Waals surface area (Å²) >= 11 is 0. The van der Waals surface area contributed by atoms with Crippen LogP contribution in [0.4, 0.5) is 10.5 Å². The molecule has 0 aliphatic carbocycles. The molecule has 132 valence electrons. The number of nitrogens with one attached hydrogen (secondary N) is 4. The van der Waals surface area contributed by atoms with Crippen LogP contribution in [-0.4, -0.2) is 43.4 Å². The number of carbonyl (C=O) groups is 4. The van der Waals surface area contributed by atoms with Crippen molar-refractivity contribution in [3.63, 3.8) is 0 Å². The number of primary amides is 1. The SMILES string of the molecule is N#CCNC(=O)CNC(=O)Nc1cccc(C(=O)NCCC(N)=O)c1. The number of nitrogens with two attached hydrogens (primary N) is 1. The number of nitriles is 1. The summed E-state index contributed by atoms with van der Waals surface area (Å²) in [6.45, 7) is -0.319. The van der Waals surface area contributed by atoms with Gasteiger partial charge in [-0.15, -0.1) is 0 Å². The van der Waals surface area contributed by atoms with Crippen molar-refractivity contribution in [1.29, 1.82) is 5.26 Å². The molecule has 0 atom stereocenters. The molecule has 0 aromatic heterocycles. The number of hydrogen-bond acceptors (Lipinski definition) is 5. The molecule has 0 aliphatic heterocycles. The molecule has 0 fully saturated rings. The Bertz CT molecular complexity index is 698. The Morgan fingerprint density at radius 2 is 1.88 bits per heavy atom. The third-order valence-corrected chi connectivity index (χ3v) is 2.81. The molecule has 0 unspecified atom stereocenters. The van der Waals surface area contributed by atoms with E-state index in [2.05, 4.69) is 21.3 Å². The molecule has 25 heavy (non-hydrogen) atoms. The van der Waals surface area contributed by atoms with Crippen LogP contribution in [-0.2, 0) is 9.59 Å². The van der Waals surface area contributed by atoms with Gasteiger partial charge in [-0.3, -0.25) is 14.4 Å². The van der Waals surface area contributed by atoms with Crippen molar-refractivity contribution in [1.82, 2.24) is 16.0 Å². The number of amides is 5. The lowest BCUT2D eigenvalue weighted by atomic mass is 10.2. The van der Waals surface area contributed by atoms with Crippen LogP contribution in [0.5, 0.6) is 0 Å². The van der Waals surface area contributed by atoms with Gasteiger partial charge in [-0.05, 0) is 18.2 Å². The van der Waals surface area contributed by atoms with E-state index in [0.29, 0.717) is 5.69 Å². The standard InChI is InChI=1S/C15H18N6O4/c16-5-7-18-13(23)9-20-15(25)21-11-3-1-2-10(8-11)14(24)19-6-4-12(17)22/h1-3,8H,4,6-7,9H2,(H2,17,22)(H,18,23)(H,19,24)(H2,20,21,25). The van der Waals surface area contributed by atoms with Crippen molar-refractivity contribution in [2.75, 3.05) is 25.0 Å². The van der Waals surface area contributed by atoms with Crippen LogP contribution in [0.1, 0.15) is 16.8 Å². The van der Waals surface area contributed by atoms with Gasteiger partial charge in [0.15, 0.2) is 0 Å². The third-order valence-electron chi connectivity index (χ3n) is 2.81. The van der Waals surface area contributed by atoms with E-state index in [4.69, 9.17) is 11.0 Å². The third kappa shape index (κ3) is 7.98. The topological polar surface area (TPSA) is 166 Å². The van der Waals surface area contributed by atoms with Crippen molar-refractivity contribution in [2.45, 2.75) is 6.42 Å². The molecule has 0 heterocycles. The van der Waals surface area contributed by atoms with Crippen LogP contribution in [0.3, 0.4) is 0 Å². The van der Waals surface area contributed by atoms with Crippen molar-refractivity contribution >= 4 is 29.4 Å². The Hall–Kier alpha value is -3.61. The van der Waals surface area contributed by atoms with Gasteiger partial charge in [0, 0.05) is 24.2 Å². The maximum Gasteiger partial charge on any atom is 0.319 e. The second kappa shape index (κ2) is 10.2. The summed E-state index contributed by atoms with van der Waals surface area (Å²) in [6.07, 6.45) is 0.0277. The predicted molar refractivity (Wildman–Crippen MR) is 88.2 cm³/mol. The number of rotatable bonds is 8. The van der Waals surface area contributed by atoms with Crippen LogP contribution < -0.4 is 27.0 Å². The lowest BCUT2D eigenvalue weighted by molar-refractivity contribution is -0.120. The highest BCUT2D eigenvalue weighted by molar-refractivity contribution is 5.97. The fourth-order valence-corrected chi connectivity index (χ4v) is 1.68. The molecule has 5 amide bonds. The first-order valence-corrected chi connectivity index (χ1v) is 7.27. The van der Waals surface area contributed by atoms with Gasteiger partial charge in [0.2, 0.25) is 11.8 Å². The lowest BCUT2D eigenvalue weighted by Gasteiger charge is -2.09. The number of nitrogens with zero attached hydrogens (tertiary/aromatic N) is 1. The number of urea groups is 1. The highest BCUT2D eigenvalue weighted by Gasteiger charge is 2.09. The van der Waals surface area contributed by atoms with E-state index in [9.17, 15) is 19.2 Å². The van der Waals surface area contributed by atoms with Crippen molar-refractivity contribution < 1.29 is 19.2 Å². The van der Waals surface area contributed by atoms with Gasteiger partial charge in [0.1, 0.15) is 6.54 Å². The van der Waals surface area contributed by atoms with Gasteiger partial charge < -0.3 is 27.0 Å². The van der Waals surface area contributed by atoms with E-state index in [1.807, 2.05) is 0 Å². The van der Waals surface area contributed by atoms with E-state index in [1.54, 1.807) is 18.2 Å². The average Bonchev–Trinajstić information content (AvgIpc) is 2.58. The fourth-order valence-electron chi connectivity index (χ4n) is 1.68. The zero-order chi connectivity index (χ0) is 18.7. The Morgan fingerprint density at radius 3 is 2.56 bits per heavy atom. The summed E-state index contributed by atoms with van der Waals surface area (Å²) in [6, 6.07) is 7.21. The van der Waals surface area contributed by atoms with Crippen LogP contribution >= 0.6 is 0 Å².